The van der Waals surface area contributed by atoms with Crippen molar-refractivity contribution in [2.75, 3.05) is 40.9 Å². The van der Waals surface area contributed by atoms with E-state index < -0.39 is 32.5 Å². The van der Waals surface area contributed by atoms with Crippen LogP contribution in [-0.4, -0.2) is 69.4 Å². The molecule has 0 fully saturated rings. The van der Waals surface area contributed by atoms with Crippen LogP contribution in [0.5, 0.6) is 0 Å². The normalized spacial score (nSPS) is 14.5. The third kappa shape index (κ3) is 55.2. The van der Waals surface area contributed by atoms with Gasteiger partial charge in [-0.15, -0.1) is 0 Å². The number of rotatable bonds is 53. The minimum atomic E-state index is -4.72. The Hall–Kier alpha value is -3.33. The monoisotopic (exact) mass is 1060 g/mol. The van der Waals surface area contributed by atoms with Crippen LogP contribution in [0, 0.1) is 0 Å². The average molecular weight is 1070 g/mol. The Balaban J connectivity index is 5.38. The molecule has 0 saturated carbocycles. The summed E-state index contributed by atoms with van der Waals surface area (Å²) in [6, 6.07) is -0.927. The molecule has 430 valence electrons. The molecule has 9 nitrogen and oxygen atoms in total. The number of phosphoric ester groups is 1. The summed E-state index contributed by atoms with van der Waals surface area (Å²) >= 11 is 0. The average Bonchev–Trinajstić information content (AvgIpc) is 3.37. The minimum absolute atomic E-state index is 0.0396. The lowest BCUT2D eigenvalue weighted by atomic mass is 10.0. The summed E-state index contributed by atoms with van der Waals surface area (Å²) in [7, 11) is 1.13. The van der Waals surface area contributed by atoms with Crippen LogP contribution in [0.3, 0.4) is 0 Å². The van der Waals surface area contributed by atoms with E-state index in [1.807, 2.05) is 39.4 Å². The topological polar surface area (TPSA) is 114 Å². The highest BCUT2D eigenvalue weighted by Crippen LogP contribution is 2.38. The first-order chi connectivity index (χ1) is 36.4. The van der Waals surface area contributed by atoms with Crippen molar-refractivity contribution in [1.82, 2.24) is 5.32 Å². The Morgan fingerprint density at radius 1 is 0.480 bits per heavy atom. The molecular weight excluding hydrogens is 952 g/mol. The largest absolute Gasteiger partial charge is 0.756 e. The van der Waals surface area contributed by atoms with E-state index in [0.29, 0.717) is 23.9 Å². The van der Waals surface area contributed by atoms with E-state index in [9.17, 15) is 19.0 Å². The highest BCUT2D eigenvalue weighted by molar-refractivity contribution is 7.45. The molecule has 75 heavy (non-hydrogen) atoms. The number of esters is 1. The van der Waals surface area contributed by atoms with Crippen LogP contribution < -0.4 is 10.2 Å². The molecule has 1 amide bonds. The third-order valence-corrected chi connectivity index (χ3v) is 13.7. The summed E-state index contributed by atoms with van der Waals surface area (Å²) < 4.78 is 30.2. The number of phosphoric acid groups is 1. The lowest BCUT2D eigenvalue weighted by Gasteiger charge is -2.30. The Kier molecular flexibility index (Phi) is 51.6. The molecule has 3 unspecified atom stereocenters. The van der Waals surface area contributed by atoms with Crippen LogP contribution in [0.1, 0.15) is 239 Å². The number of allylic oxidation sites excluding steroid dienone is 17. The molecule has 0 heterocycles. The standard InChI is InChI=1S/C65H113N2O7P/c1-7-10-13-16-19-22-25-27-29-31-33-35-37-39-42-45-48-51-54-57-64(68)66-62(61-73-75(70,71)72-60-59-67(4,5)6)63(56-53-50-47-44-41-24-21-18-15-12-9-3)74-65(69)58-55-52-49-46-43-40-38-36-34-32-30-28-26-23-20-17-14-11-8-2/h11,14,19-20,22-23,27-30,34,36,40,43,49,52-53,56,62-63H,7-10,12-13,15-18,21,24-26,31-33,35,37-39,41-42,44-48,50-51,54-55,57-61H2,1-6H3,(H-,66,68,70,71)/b14-11-,22-19-,23-20-,29-27-,30-28-,36-34-,43-40-,52-49-,56-53+. The van der Waals surface area contributed by atoms with Crippen molar-refractivity contribution in [2.45, 2.75) is 251 Å². The number of hydrogen-bond acceptors (Lipinski definition) is 7. The molecule has 0 spiro atoms. The fourth-order valence-electron chi connectivity index (χ4n) is 8.05. The van der Waals surface area contributed by atoms with Gasteiger partial charge in [-0.25, -0.2) is 0 Å². The van der Waals surface area contributed by atoms with Crippen molar-refractivity contribution < 1.29 is 37.3 Å². The van der Waals surface area contributed by atoms with E-state index in [4.69, 9.17) is 13.8 Å². The maximum atomic E-state index is 13.5. The third-order valence-electron chi connectivity index (χ3n) is 12.7. The first kappa shape index (κ1) is 71.7. The summed E-state index contributed by atoms with van der Waals surface area (Å²) in [5.41, 5.74) is 0. The highest BCUT2D eigenvalue weighted by Gasteiger charge is 2.27. The molecular formula is C65H113N2O7P. The second-order valence-corrected chi connectivity index (χ2v) is 22.5. The number of nitrogens with zero attached hydrogens (tertiary/aromatic N) is 1. The highest BCUT2D eigenvalue weighted by atomic mass is 31.2. The number of carbonyl (C=O) groups excluding carboxylic acids is 2. The van der Waals surface area contributed by atoms with Gasteiger partial charge in [-0.1, -0.05) is 233 Å². The summed E-state index contributed by atoms with van der Waals surface area (Å²) in [6.45, 7) is 6.63. The van der Waals surface area contributed by atoms with Crippen molar-refractivity contribution in [2.24, 2.45) is 0 Å². The number of carbonyl (C=O) groups is 2. The number of amides is 1. The molecule has 0 saturated heterocycles. The molecule has 0 rings (SSSR count). The molecule has 10 heteroatoms. The van der Waals surface area contributed by atoms with Gasteiger partial charge in [-0.2, -0.15) is 0 Å². The van der Waals surface area contributed by atoms with E-state index in [1.54, 1.807) is 6.08 Å². The van der Waals surface area contributed by atoms with Crippen LogP contribution in [0.25, 0.3) is 0 Å². The first-order valence-corrected chi connectivity index (χ1v) is 31.7. The summed E-state index contributed by atoms with van der Waals surface area (Å²) in [5.74, 6) is -0.650. The number of nitrogens with one attached hydrogen (secondary N) is 1. The zero-order chi connectivity index (χ0) is 55.0. The molecule has 0 bridgehead atoms. The van der Waals surface area contributed by atoms with Gasteiger partial charge in [0.05, 0.1) is 33.8 Å². The Morgan fingerprint density at radius 3 is 1.33 bits per heavy atom. The number of unbranched alkanes of at least 4 members (excludes halogenated alkanes) is 21. The zero-order valence-electron chi connectivity index (χ0n) is 49.0. The van der Waals surface area contributed by atoms with E-state index in [2.05, 4.69) is 111 Å². The van der Waals surface area contributed by atoms with Gasteiger partial charge < -0.3 is 28.5 Å². The predicted octanol–water partition coefficient (Wildman–Crippen LogP) is 17.9. The second-order valence-electron chi connectivity index (χ2n) is 21.1. The van der Waals surface area contributed by atoms with Crippen molar-refractivity contribution in [3.63, 3.8) is 0 Å². The smallest absolute Gasteiger partial charge is 0.306 e. The Labute approximate surface area is 461 Å². The lowest BCUT2D eigenvalue weighted by molar-refractivity contribution is -0.870. The Morgan fingerprint density at radius 2 is 0.867 bits per heavy atom. The van der Waals surface area contributed by atoms with E-state index in [-0.39, 0.29) is 18.9 Å². The van der Waals surface area contributed by atoms with Crippen molar-refractivity contribution in [3.05, 3.63) is 109 Å². The molecule has 0 aliphatic rings. The lowest BCUT2D eigenvalue weighted by Crippen LogP contribution is -2.47. The number of likely N-dealkylation sites (N-methyl/N-ethyl adjacent to an activating group) is 1. The molecule has 0 radical (unpaired) electrons. The van der Waals surface area contributed by atoms with E-state index >= 15 is 0 Å². The molecule has 0 aromatic heterocycles. The van der Waals surface area contributed by atoms with Crippen molar-refractivity contribution in [1.29, 1.82) is 0 Å². The second kappa shape index (κ2) is 54.0. The van der Waals surface area contributed by atoms with E-state index in [0.717, 1.165) is 96.3 Å². The molecule has 3 atom stereocenters. The van der Waals surface area contributed by atoms with Crippen LogP contribution in [0.4, 0.5) is 0 Å². The predicted molar refractivity (Wildman–Crippen MR) is 320 cm³/mol. The maximum absolute atomic E-state index is 13.5. The Bertz CT molecular complexity index is 1650. The summed E-state index contributed by atoms with van der Waals surface area (Å²) in [5, 5.41) is 3.00. The number of hydrogen-bond donors (Lipinski definition) is 1. The van der Waals surface area contributed by atoms with Gasteiger partial charge >= 0.3 is 5.97 Å². The van der Waals surface area contributed by atoms with Crippen molar-refractivity contribution in [3.8, 4) is 0 Å². The summed E-state index contributed by atoms with van der Waals surface area (Å²) in [6.07, 6.45) is 73.5. The molecule has 0 aliphatic heterocycles. The SMILES string of the molecule is CC/C=C\C/C=C\C/C=C\C/C=C\C/C=C\C/C=C\CCC(=O)OC(/C=C/CCCCCCCCCCC)C(COP(=O)([O-])OCC[N+](C)(C)C)NC(=O)CCCCCCCCCCC/C=C\C/C=C\CCCCC. The quantitative estimate of drug-likeness (QED) is 0.0212. The molecule has 0 aromatic carbocycles. The van der Waals surface area contributed by atoms with Gasteiger partial charge in [0.15, 0.2) is 0 Å². The summed E-state index contributed by atoms with van der Waals surface area (Å²) in [4.78, 5) is 39.9. The van der Waals surface area contributed by atoms with Crippen LogP contribution in [0.2, 0.25) is 0 Å². The van der Waals surface area contributed by atoms with Gasteiger partial charge in [-0.3, -0.25) is 14.2 Å². The fourth-order valence-corrected chi connectivity index (χ4v) is 8.77. The van der Waals surface area contributed by atoms with Gasteiger partial charge in [0.1, 0.15) is 19.3 Å². The van der Waals surface area contributed by atoms with Crippen LogP contribution in [0.15, 0.2) is 109 Å². The van der Waals surface area contributed by atoms with Crippen LogP contribution >= 0.6 is 7.82 Å². The minimum Gasteiger partial charge on any atom is -0.756 e. The van der Waals surface area contributed by atoms with Gasteiger partial charge in [0, 0.05) is 12.8 Å². The number of ether oxygens (including phenoxy) is 1. The fraction of sp³-hybridized carbons (Fsp3) is 0.692. The molecule has 0 aromatic rings. The molecule has 0 aliphatic carbocycles. The van der Waals surface area contributed by atoms with Gasteiger partial charge in [-0.05, 0) is 102 Å². The maximum Gasteiger partial charge on any atom is 0.306 e. The van der Waals surface area contributed by atoms with E-state index in [1.165, 1.54) is 103 Å². The van der Waals surface area contributed by atoms with Gasteiger partial charge in [0.2, 0.25) is 5.91 Å². The first-order valence-electron chi connectivity index (χ1n) is 30.2. The molecule has 1 N–H and O–H groups in total. The number of quaternary nitrogens is 1. The van der Waals surface area contributed by atoms with Crippen LogP contribution in [-0.2, 0) is 27.9 Å². The van der Waals surface area contributed by atoms with Crippen molar-refractivity contribution >= 4 is 19.7 Å². The van der Waals surface area contributed by atoms with Gasteiger partial charge in [0.25, 0.3) is 7.82 Å². The zero-order valence-corrected chi connectivity index (χ0v) is 49.9.